The van der Waals surface area contributed by atoms with Crippen molar-refractivity contribution in [2.24, 2.45) is 0 Å². The quantitative estimate of drug-likeness (QED) is 0.856. The van der Waals surface area contributed by atoms with Crippen LogP contribution in [0.3, 0.4) is 0 Å². The minimum Gasteiger partial charge on any atom is -0.383 e. The van der Waals surface area contributed by atoms with E-state index in [0.29, 0.717) is 0 Å². The lowest BCUT2D eigenvalue weighted by atomic mass is 10.2. The average molecular weight is 325 g/mol. The van der Waals surface area contributed by atoms with Gasteiger partial charge in [0.15, 0.2) is 0 Å². The van der Waals surface area contributed by atoms with E-state index in [0.717, 1.165) is 42.9 Å². The van der Waals surface area contributed by atoms with Gasteiger partial charge in [0.05, 0.1) is 17.5 Å². The lowest BCUT2D eigenvalue weighted by Gasteiger charge is -2.15. The number of pyridine rings is 1. The van der Waals surface area contributed by atoms with Gasteiger partial charge in [-0.25, -0.2) is 0 Å². The topological polar surface area (TPSA) is 63.2 Å². The number of aromatic nitrogens is 1. The van der Waals surface area contributed by atoms with Gasteiger partial charge in [0.1, 0.15) is 6.10 Å². The van der Waals surface area contributed by atoms with Gasteiger partial charge in [0.25, 0.3) is 5.91 Å². The maximum atomic E-state index is 12.3. The smallest absolute Gasteiger partial charge is 0.253 e. The van der Waals surface area contributed by atoms with E-state index in [2.05, 4.69) is 15.6 Å². The van der Waals surface area contributed by atoms with Crippen LogP contribution in [-0.4, -0.2) is 29.6 Å². The van der Waals surface area contributed by atoms with Crippen LogP contribution in [0.4, 0.5) is 11.4 Å². The lowest BCUT2D eigenvalue weighted by Crippen LogP contribution is -2.28. The van der Waals surface area contributed by atoms with Gasteiger partial charge in [-0.1, -0.05) is 18.2 Å². The molecule has 0 aliphatic carbocycles. The Kier molecular flexibility index (Phi) is 5.43. The van der Waals surface area contributed by atoms with Gasteiger partial charge < -0.3 is 15.4 Å². The number of hydrogen-bond donors (Lipinski definition) is 2. The molecular weight excluding hydrogens is 302 g/mol. The summed E-state index contributed by atoms with van der Waals surface area (Å²) in [7, 11) is 0. The van der Waals surface area contributed by atoms with Gasteiger partial charge in [-0.2, -0.15) is 0 Å². The fourth-order valence-corrected chi connectivity index (χ4v) is 2.83. The van der Waals surface area contributed by atoms with Crippen LogP contribution in [0.2, 0.25) is 0 Å². The Hall–Kier alpha value is -2.40. The molecule has 1 aliphatic heterocycles. The predicted octanol–water partition coefficient (Wildman–Crippen LogP) is 3.24. The standard InChI is InChI=1S/C19H23N3O2/c1-14-9-10-18(24-14)19(23)22-17-8-3-2-7-16(17)21-13-11-15-6-4-5-12-20-15/h2-8,12,14,18,21H,9-11,13H2,1H3,(H,22,23)/t14-,18-/m0/s1. The van der Waals surface area contributed by atoms with E-state index in [-0.39, 0.29) is 18.1 Å². The molecule has 5 heteroatoms. The first kappa shape index (κ1) is 16.5. The number of amides is 1. The van der Waals surface area contributed by atoms with Gasteiger partial charge >= 0.3 is 0 Å². The second kappa shape index (κ2) is 7.93. The molecule has 5 nitrogen and oxygen atoms in total. The molecule has 1 aromatic heterocycles. The maximum Gasteiger partial charge on any atom is 0.253 e. The Morgan fingerprint density at radius 3 is 2.67 bits per heavy atom. The summed E-state index contributed by atoms with van der Waals surface area (Å²) in [5.41, 5.74) is 2.74. The van der Waals surface area contributed by atoms with Crippen molar-refractivity contribution >= 4 is 17.3 Å². The first-order valence-electron chi connectivity index (χ1n) is 8.41. The molecule has 126 valence electrons. The number of carbonyl (C=O) groups is 1. The number of nitrogens with one attached hydrogen (secondary N) is 2. The molecule has 0 bridgehead atoms. The van der Waals surface area contributed by atoms with Crippen molar-refractivity contribution in [2.75, 3.05) is 17.2 Å². The molecule has 2 aromatic rings. The molecule has 1 aromatic carbocycles. The van der Waals surface area contributed by atoms with Gasteiger partial charge in [0.2, 0.25) is 0 Å². The fraction of sp³-hybridized carbons (Fsp3) is 0.368. The Bertz CT molecular complexity index is 675. The summed E-state index contributed by atoms with van der Waals surface area (Å²) in [6.07, 6.45) is 4.15. The van der Waals surface area contributed by atoms with Crippen LogP contribution >= 0.6 is 0 Å². The highest BCUT2D eigenvalue weighted by Gasteiger charge is 2.28. The van der Waals surface area contributed by atoms with E-state index in [1.165, 1.54) is 0 Å². The van der Waals surface area contributed by atoms with Crippen LogP contribution in [0.25, 0.3) is 0 Å². The minimum absolute atomic E-state index is 0.0710. The minimum atomic E-state index is -0.346. The molecule has 0 unspecified atom stereocenters. The predicted molar refractivity (Wildman–Crippen MR) is 95.1 cm³/mol. The van der Waals surface area contributed by atoms with Gasteiger partial charge in [-0.15, -0.1) is 0 Å². The second-order valence-electron chi connectivity index (χ2n) is 6.05. The molecular formula is C19H23N3O2. The molecule has 1 aliphatic rings. The first-order chi connectivity index (χ1) is 11.7. The summed E-state index contributed by atoms with van der Waals surface area (Å²) >= 11 is 0. The number of para-hydroxylation sites is 2. The molecule has 1 fully saturated rings. The number of hydrogen-bond acceptors (Lipinski definition) is 4. The van der Waals surface area contributed by atoms with E-state index in [1.54, 1.807) is 6.20 Å². The van der Waals surface area contributed by atoms with Crippen LogP contribution in [0.5, 0.6) is 0 Å². The number of benzene rings is 1. The Morgan fingerprint density at radius 2 is 1.96 bits per heavy atom. The highest BCUT2D eigenvalue weighted by Crippen LogP contribution is 2.24. The average Bonchev–Trinajstić information content (AvgIpc) is 3.04. The summed E-state index contributed by atoms with van der Waals surface area (Å²) in [5.74, 6) is -0.0710. The molecule has 2 N–H and O–H groups in total. The normalized spacial score (nSPS) is 19.9. The summed E-state index contributed by atoms with van der Waals surface area (Å²) < 4.78 is 5.63. The Morgan fingerprint density at radius 1 is 1.17 bits per heavy atom. The van der Waals surface area contributed by atoms with E-state index in [1.807, 2.05) is 49.4 Å². The fourth-order valence-electron chi connectivity index (χ4n) is 2.83. The van der Waals surface area contributed by atoms with Crippen LogP contribution in [0.15, 0.2) is 48.7 Å². The molecule has 2 atom stereocenters. The summed E-state index contributed by atoms with van der Waals surface area (Å²) in [6.45, 7) is 2.75. The monoisotopic (exact) mass is 325 g/mol. The van der Waals surface area contributed by atoms with Crippen molar-refractivity contribution in [3.63, 3.8) is 0 Å². The van der Waals surface area contributed by atoms with E-state index < -0.39 is 0 Å². The number of rotatable bonds is 6. The number of carbonyl (C=O) groups excluding carboxylic acids is 1. The molecule has 2 heterocycles. The van der Waals surface area contributed by atoms with Gasteiger partial charge in [0, 0.05) is 24.9 Å². The lowest BCUT2D eigenvalue weighted by molar-refractivity contribution is -0.126. The molecule has 1 amide bonds. The van der Waals surface area contributed by atoms with Gasteiger partial charge in [-0.05, 0) is 44.0 Å². The largest absolute Gasteiger partial charge is 0.383 e. The third-order valence-electron chi connectivity index (χ3n) is 4.13. The van der Waals surface area contributed by atoms with E-state index in [4.69, 9.17) is 4.74 Å². The third kappa shape index (κ3) is 4.32. The highest BCUT2D eigenvalue weighted by atomic mass is 16.5. The van der Waals surface area contributed by atoms with Crippen molar-refractivity contribution in [2.45, 2.75) is 38.4 Å². The van der Waals surface area contributed by atoms with Crippen molar-refractivity contribution < 1.29 is 9.53 Å². The maximum absolute atomic E-state index is 12.3. The van der Waals surface area contributed by atoms with Crippen LogP contribution < -0.4 is 10.6 Å². The Labute approximate surface area is 142 Å². The van der Waals surface area contributed by atoms with Gasteiger partial charge in [-0.3, -0.25) is 9.78 Å². The molecule has 3 rings (SSSR count). The molecule has 1 saturated heterocycles. The molecule has 0 spiro atoms. The number of ether oxygens (including phenoxy) is 1. The zero-order valence-electron chi connectivity index (χ0n) is 13.9. The van der Waals surface area contributed by atoms with Crippen LogP contribution in [-0.2, 0) is 16.0 Å². The Balaban J connectivity index is 1.57. The van der Waals surface area contributed by atoms with E-state index >= 15 is 0 Å². The van der Waals surface area contributed by atoms with Crippen LogP contribution in [0, 0.1) is 0 Å². The second-order valence-corrected chi connectivity index (χ2v) is 6.05. The summed E-state index contributed by atoms with van der Waals surface area (Å²) in [4.78, 5) is 16.6. The third-order valence-corrected chi connectivity index (χ3v) is 4.13. The summed E-state index contributed by atoms with van der Waals surface area (Å²) in [5, 5.41) is 6.35. The molecule has 24 heavy (non-hydrogen) atoms. The number of nitrogens with zero attached hydrogens (tertiary/aromatic N) is 1. The highest BCUT2D eigenvalue weighted by molar-refractivity contribution is 5.97. The molecule has 0 radical (unpaired) electrons. The van der Waals surface area contributed by atoms with Crippen molar-refractivity contribution in [3.05, 3.63) is 54.4 Å². The van der Waals surface area contributed by atoms with Crippen molar-refractivity contribution in [3.8, 4) is 0 Å². The SMILES string of the molecule is C[C@H]1CC[C@@H](C(=O)Nc2ccccc2NCCc2ccccn2)O1. The molecule has 0 saturated carbocycles. The summed E-state index contributed by atoms with van der Waals surface area (Å²) in [6, 6.07) is 13.6. The zero-order chi connectivity index (χ0) is 16.8. The number of anilines is 2. The van der Waals surface area contributed by atoms with E-state index in [9.17, 15) is 4.79 Å². The first-order valence-corrected chi connectivity index (χ1v) is 8.41. The zero-order valence-corrected chi connectivity index (χ0v) is 13.9. The van der Waals surface area contributed by atoms with Crippen molar-refractivity contribution in [1.29, 1.82) is 0 Å². The van der Waals surface area contributed by atoms with Crippen LogP contribution in [0.1, 0.15) is 25.5 Å². The van der Waals surface area contributed by atoms with Crippen molar-refractivity contribution in [1.82, 2.24) is 4.98 Å².